The first-order valence-corrected chi connectivity index (χ1v) is 8.04. The number of ether oxygens (including phenoxy) is 2. The third kappa shape index (κ3) is 2.75. The average Bonchev–Trinajstić information content (AvgIpc) is 2.88. The van der Waals surface area contributed by atoms with Gasteiger partial charge in [-0.3, -0.25) is 4.79 Å². The van der Waals surface area contributed by atoms with Gasteiger partial charge in [0.25, 0.3) is 5.91 Å². The first kappa shape index (κ1) is 16.1. The Kier molecular flexibility index (Phi) is 4.56. The molecule has 1 aliphatic rings. The molecule has 1 amide bonds. The van der Waals surface area contributed by atoms with E-state index >= 15 is 0 Å². The van der Waals surface area contributed by atoms with Crippen LogP contribution in [0.2, 0.25) is 0 Å². The van der Waals surface area contributed by atoms with Gasteiger partial charge in [-0.1, -0.05) is 31.2 Å². The van der Waals surface area contributed by atoms with Gasteiger partial charge in [0.1, 0.15) is 0 Å². The van der Waals surface area contributed by atoms with Gasteiger partial charge in [0.2, 0.25) is 0 Å². The zero-order valence-electron chi connectivity index (χ0n) is 14.2. The number of nitrogens with zero attached hydrogens (tertiary/aromatic N) is 1. The first-order chi connectivity index (χ1) is 11.7. The smallest absolute Gasteiger partial charge is 0.258 e. The van der Waals surface area contributed by atoms with Crippen LogP contribution < -0.4 is 14.4 Å². The number of hydrogen-bond donors (Lipinski definition) is 0. The van der Waals surface area contributed by atoms with Gasteiger partial charge in [0.05, 0.1) is 19.9 Å². The summed E-state index contributed by atoms with van der Waals surface area (Å²) in [7, 11) is 3.21. The Bertz CT molecular complexity index is 795. The lowest BCUT2D eigenvalue weighted by atomic mass is 10.0. The van der Waals surface area contributed by atoms with Crippen molar-refractivity contribution >= 4 is 23.2 Å². The summed E-state index contributed by atoms with van der Waals surface area (Å²) in [6.07, 6.45) is 2.84. The molecule has 0 aromatic heterocycles. The Morgan fingerprint density at radius 1 is 1.04 bits per heavy atom. The molecule has 0 spiro atoms. The predicted octanol–water partition coefficient (Wildman–Crippen LogP) is 4.00. The molecule has 0 N–H and O–H groups in total. The van der Waals surface area contributed by atoms with Crippen LogP contribution in [0.4, 0.5) is 5.69 Å². The molecule has 2 aromatic rings. The minimum absolute atomic E-state index is 0.0489. The summed E-state index contributed by atoms with van der Waals surface area (Å²) in [5, 5.41) is 0. The van der Waals surface area contributed by atoms with Crippen LogP contribution in [0, 0.1) is 0 Å². The summed E-state index contributed by atoms with van der Waals surface area (Å²) in [5.41, 5.74) is 3.58. The largest absolute Gasteiger partial charge is 0.493 e. The van der Waals surface area contributed by atoms with E-state index in [0.29, 0.717) is 17.1 Å². The second-order valence-corrected chi connectivity index (χ2v) is 5.65. The van der Waals surface area contributed by atoms with E-state index in [2.05, 4.69) is 6.92 Å². The van der Waals surface area contributed by atoms with Crippen LogP contribution >= 0.6 is 0 Å². The molecule has 3 rings (SSSR count). The lowest BCUT2D eigenvalue weighted by Gasteiger charge is -2.15. The van der Waals surface area contributed by atoms with Crippen molar-refractivity contribution in [2.24, 2.45) is 0 Å². The fourth-order valence-electron chi connectivity index (χ4n) is 3.00. The third-order valence-corrected chi connectivity index (χ3v) is 4.13. The van der Waals surface area contributed by atoms with Crippen molar-refractivity contribution in [3.05, 3.63) is 53.6 Å². The monoisotopic (exact) mass is 323 g/mol. The summed E-state index contributed by atoms with van der Waals surface area (Å²) in [5.74, 6) is 1.37. The predicted molar refractivity (Wildman–Crippen MR) is 96.5 cm³/mol. The van der Waals surface area contributed by atoms with E-state index in [1.54, 1.807) is 14.2 Å². The van der Waals surface area contributed by atoms with Crippen LogP contribution in [-0.2, 0) is 4.79 Å². The SMILES string of the molecule is CCCN1C(=O)/C(=C\c2ccc(OC)c(OC)c2)c2ccccc21. The summed E-state index contributed by atoms with van der Waals surface area (Å²) in [4.78, 5) is 14.7. The topological polar surface area (TPSA) is 38.8 Å². The molecule has 24 heavy (non-hydrogen) atoms. The highest BCUT2D eigenvalue weighted by Gasteiger charge is 2.31. The molecule has 2 aromatic carbocycles. The van der Waals surface area contributed by atoms with Gasteiger partial charge in [-0.2, -0.15) is 0 Å². The second-order valence-electron chi connectivity index (χ2n) is 5.65. The highest BCUT2D eigenvalue weighted by Crippen LogP contribution is 2.38. The molecule has 0 saturated heterocycles. The fourth-order valence-corrected chi connectivity index (χ4v) is 3.00. The molecule has 124 valence electrons. The number of para-hydroxylation sites is 1. The maximum absolute atomic E-state index is 12.8. The number of amides is 1. The number of rotatable bonds is 5. The van der Waals surface area contributed by atoms with E-state index in [-0.39, 0.29) is 5.91 Å². The molecule has 4 heteroatoms. The summed E-state index contributed by atoms with van der Waals surface area (Å²) >= 11 is 0. The summed E-state index contributed by atoms with van der Waals surface area (Å²) < 4.78 is 10.6. The number of anilines is 1. The Hall–Kier alpha value is -2.75. The van der Waals surface area contributed by atoms with Crippen molar-refractivity contribution in [1.82, 2.24) is 0 Å². The first-order valence-electron chi connectivity index (χ1n) is 8.04. The van der Waals surface area contributed by atoms with Crippen LogP contribution in [0.25, 0.3) is 11.6 Å². The van der Waals surface area contributed by atoms with Gasteiger partial charge in [-0.25, -0.2) is 0 Å². The van der Waals surface area contributed by atoms with Gasteiger partial charge in [-0.15, -0.1) is 0 Å². The highest BCUT2D eigenvalue weighted by molar-refractivity contribution is 6.35. The highest BCUT2D eigenvalue weighted by atomic mass is 16.5. The molecule has 4 nitrogen and oxygen atoms in total. The average molecular weight is 323 g/mol. The molecule has 0 aliphatic carbocycles. The third-order valence-electron chi connectivity index (χ3n) is 4.13. The maximum atomic E-state index is 12.8. The lowest BCUT2D eigenvalue weighted by molar-refractivity contribution is -0.113. The van der Waals surface area contributed by atoms with Crippen molar-refractivity contribution in [1.29, 1.82) is 0 Å². The van der Waals surface area contributed by atoms with Crippen molar-refractivity contribution < 1.29 is 14.3 Å². The molecule has 0 radical (unpaired) electrons. The molecule has 0 atom stereocenters. The normalized spacial score (nSPS) is 14.9. The standard InChI is InChI=1S/C20H21NO3/c1-4-11-21-17-8-6-5-7-15(17)16(20(21)22)12-14-9-10-18(23-2)19(13-14)24-3/h5-10,12-13H,4,11H2,1-3H3/b16-12-. The van der Waals surface area contributed by atoms with E-state index in [9.17, 15) is 4.79 Å². The summed E-state index contributed by atoms with van der Waals surface area (Å²) in [6.45, 7) is 2.80. The van der Waals surface area contributed by atoms with Crippen LogP contribution in [0.3, 0.4) is 0 Å². The molecule has 0 saturated carbocycles. The van der Waals surface area contributed by atoms with Gasteiger partial charge in [0.15, 0.2) is 11.5 Å². The zero-order valence-corrected chi connectivity index (χ0v) is 14.2. The van der Waals surface area contributed by atoms with Crippen LogP contribution in [0.15, 0.2) is 42.5 Å². The number of carbonyl (C=O) groups excluding carboxylic acids is 1. The summed E-state index contributed by atoms with van der Waals surface area (Å²) in [6, 6.07) is 13.6. The quantitative estimate of drug-likeness (QED) is 0.781. The van der Waals surface area contributed by atoms with E-state index < -0.39 is 0 Å². The van der Waals surface area contributed by atoms with Gasteiger partial charge in [-0.05, 0) is 36.3 Å². The van der Waals surface area contributed by atoms with E-state index in [1.807, 2.05) is 53.4 Å². The number of benzene rings is 2. The number of fused-ring (bicyclic) bond motifs is 1. The molecular weight excluding hydrogens is 302 g/mol. The van der Waals surface area contributed by atoms with Crippen LogP contribution in [-0.4, -0.2) is 26.7 Å². The molecule has 0 unspecified atom stereocenters. The fraction of sp³-hybridized carbons (Fsp3) is 0.250. The second kappa shape index (κ2) is 6.79. The van der Waals surface area contributed by atoms with Crippen LogP contribution in [0.5, 0.6) is 11.5 Å². The lowest BCUT2D eigenvalue weighted by Crippen LogP contribution is -2.26. The number of carbonyl (C=O) groups is 1. The van der Waals surface area contributed by atoms with Gasteiger partial charge >= 0.3 is 0 Å². The minimum atomic E-state index is 0.0489. The van der Waals surface area contributed by atoms with E-state index in [0.717, 1.165) is 29.8 Å². The van der Waals surface area contributed by atoms with Crippen molar-refractivity contribution in [2.45, 2.75) is 13.3 Å². The van der Waals surface area contributed by atoms with Crippen LogP contribution in [0.1, 0.15) is 24.5 Å². The van der Waals surface area contributed by atoms with E-state index in [4.69, 9.17) is 9.47 Å². The number of hydrogen-bond acceptors (Lipinski definition) is 3. The van der Waals surface area contributed by atoms with Crippen molar-refractivity contribution in [3.63, 3.8) is 0 Å². The number of methoxy groups -OCH3 is 2. The zero-order chi connectivity index (χ0) is 17.1. The Balaban J connectivity index is 2.05. The molecule has 1 aliphatic heterocycles. The minimum Gasteiger partial charge on any atom is -0.493 e. The maximum Gasteiger partial charge on any atom is 0.258 e. The molecule has 0 bridgehead atoms. The van der Waals surface area contributed by atoms with E-state index in [1.165, 1.54) is 0 Å². The van der Waals surface area contributed by atoms with Gasteiger partial charge < -0.3 is 14.4 Å². The Morgan fingerprint density at radius 2 is 1.79 bits per heavy atom. The Morgan fingerprint density at radius 3 is 2.50 bits per heavy atom. The van der Waals surface area contributed by atoms with Crippen molar-refractivity contribution in [2.75, 3.05) is 25.7 Å². The van der Waals surface area contributed by atoms with Gasteiger partial charge in [0, 0.05) is 17.7 Å². The Labute approximate surface area is 142 Å². The molecule has 0 fully saturated rings. The molecule has 1 heterocycles. The van der Waals surface area contributed by atoms with Crippen molar-refractivity contribution in [3.8, 4) is 11.5 Å². The molecular formula is C20H21NO3.